The molecule has 2 N–H and O–H groups in total. The minimum Gasteiger partial charge on any atom is -0.368 e. The van der Waals surface area contributed by atoms with Crippen LogP contribution in [0.5, 0.6) is 0 Å². The fourth-order valence-electron chi connectivity index (χ4n) is 2.67. The van der Waals surface area contributed by atoms with Crippen LogP contribution in [-0.4, -0.2) is 71.3 Å². The van der Waals surface area contributed by atoms with E-state index in [1.54, 1.807) is 0 Å². The number of nitrogens with one attached hydrogen (secondary N) is 2. The third-order valence-corrected chi connectivity index (χ3v) is 4.79. The van der Waals surface area contributed by atoms with Crippen LogP contribution >= 0.6 is 35.6 Å². The first-order valence-corrected chi connectivity index (χ1v) is 10.6. The average Bonchev–Trinajstić information content (AvgIpc) is 2.57. The van der Waals surface area contributed by atoms with E-state index >= 15 is 0 Å². The largest absolute Gasteiger partial charge is 0.368 e. The Morgan fingerprint density at radius 2 is 1.96 bits per heavy atom. The van der Waals surface area contributed by atoms with Gasteiger partial charge in [0.2, 0.25) is 10.0 Å². The molecule has 1 aliphatic rings. The van der Waals surface area contributed by atoms with Gasteiger partial charge in [-0.2, -0.15) is 0 Å². The predicted octanol–water partition coefficient (Wildman–Crippen LogP) is 1.59. The number of hydrogen-bond donors (Lipinski definition) is 2. The molecule has 0 spiro atoms. The zero-order chi connectivity index (χ0) is 18.3. The molecule has 1 aliphatic heterocycles. The van der Waals surface area contributed by atoms with Crippen molar-refractivity contribution in [2.75, 3.05) is 57.0 Å². The van der Waals surface area contributed by atoms with Gasteiger partial charge in [0.15, 0.2) is 5.96 Å². The highest BCUT2D eigenvalue weighted by molar-refractivity contribution is 14.0. The Kier molecular flexibility index (Phi) is 9.98. The summed E-state index contributed by atoms with van der Waals surface area (Å²) in [5, 5.41) is 4.02. The lowest BCUT2D eigenvalue weighted by molar-refractivity contribution is 0.372. The summed E-state index contributed by atoms with van der Waals surface area (Å²) in [4.78, 5) is 9.02. The summed E-state index contributed by atoms with van der Waals surface area (Å²) < 4.78 is 24.6. The molecule has 0 aliphatic carbocycles. The van der Waals surface area contributed by atoms with Crippen molar-refractivity contribution in [2.24, 2.45) is 4.99 Å². The van der Waals surface area contributed by atoms with Crippen molar-refractivity contribution in [1.82, 2.24) is 14.9 Å². The van der Waals surface area contributed by atoms with Crippen LogP contribution in [-0.2, 0) is 10.0 Å². The molecule has 0 amide bonds. The molecule has 148 valence electrons. The molecule has 0 radical (unpaired) electrons. The number of guanidine groups is 1. The van der Waals surface area contributed by atoms with Crippen LogP contribution in [0.3, 0.4) is 0 Å². The molecule has 1 aromatic carbocycles. The summed E-state index contributed by atoms with van der Waals surface area (Å²) in [6, 6.07) is 7.89. The normalized spacial score (nSPS) is 15.6. The fraction of sp³-hybridized carbons (Fsp3) is 0.562. The standard InChI is InChI=1S/C16H26ClN5O2S.HI/c1-3-18-16(19-7-8-20-25(2,23)24)22-11-9-21(10-12-22)15-6-4-5-14(17)13-15;/h4-6,13,20H,3,7-12H2,1-2H3,(H,18,19);1H. The Morgan fingerprint density at radius 1 is 1.27 bits per heavy atom. The Bertz CT molecular complexity index is 694. The highest BCUT2D eigenvalue weighted by atomic mass is 127. The van der Waals surface area contributed by atoms with Crippen LogP contribution in [0.15, 0.2) is 29.3 Å². The highest BCUT2D eigenvalue weighted by Gasteiger charge is 2.19. The summed E-state index contributed by atoms with van der Waals surface area (Å²) in [6.45, 7) is 6.95. The maximum atomic E-state index is 11.1. The Labute approximate surface area is 178 Å². The molecule has 0 unspecified atom stereocenters. The van der Waals surface area contributed by atoms with Gasteiger partial charge in [-0.05, 0) is 25.1 Å². The molecular weight excluding hydrogens is 489 g/mol. The Hall–Kier alpha value is -0.780. The molecule has 0 bridgehead atoms. The van der Waals surface area contributed by atoms with E-state index in [4.69, 9.17) is 11.6 Å². The molecule has 0 atom stereocenters. The van der Waals surface area contributed by atoms with Gasteiger partial charge in [-0.15, -0.1) is 24.0 Å². The topological polar surface area (TPSA) is 77.0 Å². The average molecular weight is 516 g/mol. The Morgan fingerprint density at radius 3 is 2.54 bits per heavy atom. The molecule has 2 rings (SSSR count). The number of anilines is 1. The molecule has 0 saturated carbocycles. The molecule has 1 aromatic rings. The SMILES string of the molecule is CCNC(=NCCNS(C)(=O)=O)N1CCN(c2cccc(Cl)c2)CC1.I. The maximum Gasteiger partial charge on any atom is 0.208 e. The van der Waals surface area contributed by atoms with Crippen LogP contribution in [0.1, 0.15) is 6.92 Å². The first-order valence-electron chi connectivity index (χ1n) is 8.37. The van der Waals surface area contributed by atoms with Gasteiger partial charge in [-0.1, -0.05) is 17.7 Å². The minimum absolute atomic E-state index is 0. The van der Waals surface area contributed by atoms with Gasteiger partial charge in [0.05, 0.1) is 12.8 Å². The monoisotopic (exact) mass is 515 g/mol. The molecule has 1 fully saturated rings. The van der Waals surface area contributed by atoms with Gasteiger partial charge in [0, 0.05) is 50.0 Å². The van der Waals surface area contributed by atoms with Crippen molar-refractivity contribution >= 4 is 57.2 Å². The number of sulfonamides is 1. The smallest absolute Gasteiger partial charge is 0.208 e. The molecule has 10 heteroatoms. The van der Waals surface area contributed by atoms with E-state index in [9.17, 15) is 8.42 Å². The number of hydrogen-bond acceptors (Lipinski definition) is 4. The summed E-state index contributed by atoms with van der Waals surface area (Å²) in [5.74, 6) is 0.823. The second-order valence-electron chi connectivity index (χ2n) is 5.86. The number of rotatable bonds is 6. The zero-order valence-corrected chi connectivity index (χ0v) is 19.0. The van der Waals surface area contributed by atoms with Gasteiger partial charge in [-0.25, -0.2) is 13.1 Å². The van der Waals surface area contributed by atoms with E-state index < -0.39 is 10.0 Å². The summed E-state index contributed by atoms with van der Waals surface area (Å²) in [7, 11) is -3.17. The number of benzene rings is 1. The highest BCUT2D eigenvalue weighted by Crippen LogP contribution is 2.20. The lowest BCUT2D eigenvalue weighted by Crippen LogP contribution is -2.52. The van der Waals surface area contributed by atoms with Crippen molar-refractivity contribution < 1.29 is 8.42 Å². The van der Waals surface area contributed by atoms with Crippen molar-refractivity contribution in [3.05, 3.63) is 29.3 Å². The lowest BCUT2D eigenvalue weighted by Gasteiger charge is -2.37. The second-order valence-corrected chi connectivity index (χ2v) is 8.13. The first-order chi connectivity index (χ1) is 11.9. The fourth-order valence-corrected chi connectivity index (χ4v) is 3.31. The molecule has 1 heterocycles. The van der Waals surface area contributed by atoms with E-state index in [2.05, 4.69) is 30.9 Å². The third-order valence-electron chi connectivity index (χ3n) is 3.83. The van der Waals surface area contributed by atoms with Crippen LogP contribution in [0.4, 0.5) is 5.69 Å². The maximum absolute atomic E-state index is 11.1. The van der Waals surface area contributed by atoms with Crippen LogP contribution < -0.4 is 14.9 Å². The van der Waals surface area contributed by atoms with Crippen LogP contribution in [0.2, 0.25) is 5.02 Å². The van der Waals surface area contributed by atoms with E-state index in [0.29, 0.717) is 13.1 Å². The minimum atomic E-state index is -3.17. The van der Waals surface area contributed by atoms with Crippen molar-refractivity contribution in [2.45, 2.75) is 6.92 Å². The van der Waals surface area contributed by atoms with Gasteiger partial charge >= 0.3 is 0 Å². The van der Waals surface area contributed by atoms with Crippen LogP contribution in [0.25, 0.3) is 0 Å². The van der Waals surface area contributed by atoms with E-state index in [-0.39, 0.29) is 24.0 Å². The third kappa shape index (κ3) is 7.85. The zero-order valence-electron chi connectivity index (χ0n) is 15.1. The molecule has 1 saturated heterocycles. The number of nitrogens with zero attached hydrogens (tertiary/aromatic N) is 3. The van der Waals surface area contributed by atoms with Gasteiger partial charge in [-0.3, -0.25) is 4.99 Å². The summed E-state index contributed by atoms with van der Waals surface area (Å²) >= 11 is 6.07. The van der Waals surface area contributed by atoms with E-state index in [1.165, 1.54) is 0 Å². The lowest BCUT2D eigenvalue weighted by atomic mass is 10.2. The van der Waals surface area contributed by atoms with Crippen molar-refractivity contribution in [3.63, 3.8) is 0 Å². The van der Waals surface area contributed by atoms with Gasteiger partial charge in [0.1, 0.15) is 0 Å². The number of aliphatic imine (C=N–C) groups is 1. The summed E-state index contributed by atoms with van der Waals surface area (Å²) in [6.07, 6.45) is 1.15. The Balaban J connectivity index is 0.00000338. The first kappa shape index (κ1) is 23.3. The molecule has 7 nitrogen and oxygen atoms in total. The predicted molar refractivity (Wildman–Crippen MR) is 119 cm³/mol. The van der Waals surface area contributed by atoms with Gasteiger partial charge in [0.25, 0.3) is 0 Å². The quantitative estimate of drug-likeness (QED) is 0.260. The van der Waals surface area contributed by atoms with Crippen molar-refractivity contribution in [3.8, 4) is 0 Å². The number of piperazine rings is 1. The van der Waals surface area contributed by atoms with Crippen molar-refractivity contribution in [1.29, 1.82) is 0 Å². The molecule has 0 aromatic heterocycles. The second kappa shape index (κ2) is 11.2. The molecule has 26 heavy (non-hydrogen) atoms. The number of halogens is 2. The van der Waals surface area contributed by atoms with E-state index in [1.807, 2.05) is 25.1 Å². The summed E-state index contributed by atoms with van der Waals surface area (Å²) in [5.41, 5.74) is 1.13. The van der Waals surface area contributed by atoms with E-state index in [0.717, 1.165) is 55.6 Å². The molecular formula is C16H27ClIN5O2S. The van der Waals surface area contributed by atoms with Crippen LogP contribution in [0, 0.1) is 0 Å². The van der Waals surface area contributed by atoms with Gasteiger partial charge < -0.3 is 15.1 Å².